The second-order valence-electron chi connectivity index (χ2n) is 10.8. The summed E-state index contributed by atoms with van der Waals surface area (Å²) in [5.74, 6) is -14.5. The average Bonchev–Trinajstić information content (AvgIpc) is 2.99. The highest BCUT2D eigenvalue weighted by atomic mass is 19.3. The molecule has 0 bridgehead atoms. The summed E-state index contributed by atoms with van der Waals surface area (Å²) < 4.78 is 149. The number of hydrogen-bond acceptors (Lipinski definition) is 1. The van der Waals surface area contributed by atoms with Crippen LogP contribution in [-0.2, 0) is 12.5 Å². The molecule has 0 amide bonds. The number of halogens is 10. The van der Waals surface area contributed by atoms with Gasteiger partial charge in [0.15, 0.2) is 17.5 Å². The average molecular weight is 663 g/mol. The van der Waals surface area contributed by atoms with Gasteiger partial charge < -0.3 is 4.74 Å². The minimum atomic E-state index is -4.84. The highest BCUT2D eigenvalue weighted by Crippen LogP contribution is 2.40. The zero-order chi connectivity index (χ0) is 34.0. The summed E-state index contributed by atoms with van der Waals surface area (Å²) in [6, 6.07) is 13.2. The van der Waals surface area contributed by atoms with Gasteiger partial charge in [0.25, 0.3) is 0 Å². The molecule has 0 aromatic heterocycles. The summed E-state index contributed by atoms with van der Waals surface area (Å²) in [5, 5.41) is 0. The molecule has 1 nitrogen and oxygen atoms in total. The zero-order valence-electron chi connectivity index (χ0n) is 24.5. The predicted octanol–water partition coefficient (Wildman–Crippen LogP) is 11.7. The van der Waals surface area contributed by atoms with E-state index in [2.05, 4.69) is 11.7 Å². The van der Waals surface area contributed by atoms with Crippen molar-refractivity contribution >= 4 is 0 Å². The minimum Gasteiger partial charge on any atom is -0.429 e. The first-order chi connectivity index (χ1) is 22.3. The molecule has 244 valence electrons. The van der Waals surface area contributed by atoms with Crippen LogP contribution in [0.1, 0.15) is 37.3 Å². The Balaban J connectivity index is 1.38. The third kappa shape index (κ3) is 7.13. The molecule has 11 heteroatoms. The van der Waals surface area contributed by atoms with Gasteiger partial charge in [0, 0.05) is 17.7 Å². The van der Waals surface area contributed by atoms with Gasteiger partial charge in [-0.15, -0.1) is 0 Å². The van der Waals surface area contributed by atoms with E-state index in [1.165, 1.54) is 12.1 Å². The normalized spacial score (nSPS) is 11.6. The van der Waals surface area contributed by atoms with Gasteiger partial charge in [-0.05, 0) is 71.0 Å². The fraction of sp³-hybridized carbons (Fsp3) is 0.167. The van der Waals surface area contributed by atoms with Gasteiger partial charge in [0.1, 0.15) is 40.4 Å². The van der Waals surface area contributed by atoms with Crippen molar-refractivity contribution in [3.63, 3.8) is 0 Å². The molecule has 0 heterocycles. The Labute approximate surface area is 263 Å². The number of ether oxygens (including phenoxy) is 1. The van der Waals surface area contributed by atoms with E-state index in [0.717, 1.165) is 37.3 Å². The lowest BCUT2D eigenvalue weighted by Crippen LogP contribution is -2.25. The van der Waals surface area contributed by atoms with Gasteiger partial charge in [0.05, 0.1) is 5.56 Å². The van der Waals surface area contributed by atoms with Crippen LogP contribution in [0.25, 0.3) is 33.4 Å². The van der Waals surface area contributed by atoms with Crippen molar-refractivity contribution in [2.75, 3.05) is 0 Å². The molecule has 0 atom stereocenters. The van der Waals surface area contributed by atoms with Crippen LogP contribution in [0.2, 0.25) is 0 Å². The Morgan fingerprint density at radius 3 is 1.62 bits per heavy atom. The number of alkyl halides is 2. The molecule has 0 aliphatic rings. The van der Waals surface area contributed by atoms with E-state index in [4.69, 9.17) is 0 Å². The molecule has 0 aliphatic heterocycles. The Hall–Kier alpha value is -4.80. The van der Waals surface area contributed by atoms with Crippen LogP contribution in [0.4, 0.5) is 43.9 Å². The van der Waals surface area contributed by atoms with E-state index >= 15 is 13.2 Å². The largest absolute Gasteiger partial charge is 0.432 e. The first-order valence-corrected chi connectivity index (χ1v) is 14.4. The topological polar surface area (TPSA) is 9.23 Å². The molecule has 5 aromatic rings. The smallest absolute Gasteiger partial charge is 0.429 e. The minimum absolute atomic E-state index is 0.187. The van der Waals surface area contributed by atoms with Gasteiger partial charge in [-0.2, -0.15) is 8.78 Å². The SMILES string of the molecule is CCCCCc1ccc(-c2ccc(-c3cc(F)c(C(F)(F)Oc4cc(F)c(-c5cc(F)c(F)c(F)c5)c(F)c4)c(F)c3)c(F)c2)cc1. The molecule has 0 spiro atoms. The molecule has 47 heavy (non-hydrogen) atoms. The molecule has 0 saturated heterocycles. The van der Waals surface area contributed by atoms with Gasteiger partial charge in [-0.25, -0.2) is 35.1 Å². The second kappa shape index (κ2) is 13.5. The maximum Gasteiger partial charge on any atom is 0.432 e. The lowest BCUT2D eigenvalue weighted by molar-refractivity contribution is -0.189. The van der Waals surface area contributed by atoms with Crippen molar-refractivity contribution in [1.29, 1.82) is 0 Å². The summed E-state index contributed by atoms with van der Waals surface area (Å²) in [6.45, 7) is 2.10. The van der Waals surface area contributed by atoms with E-state index in [9.17, 15) is 30.7 Å². The molecular weight excluding hydrogens is 638 g/mol. The quantitative estimate of drug-likeness (QED) is 0.0822. The van der Waals surface area contributed by atoms with Crippen LogP contribution in [0.3, 0.4) is 0 Å². The van der Waals surface area contributed by atoms with E-state index in [0.29, 0.717) is 23.3 Å². The molecule has 0 unspecified atom stereocenters. The monoisotopic (exact) mass is 662 g/mol. The molecular formula is C36H24F10O. The maximum atomic E-state index is 15.1. The number of benzene rings is 5. The Bertz CT molecular complexity index is 1870. The van der Waals surface area contributed by atoms with E-state index in [1.807, 2.05) is 24.3 Å². The van der Waals surface area contributed by atoms with Crippen LogP contribution in [0.5, 0.6) is 5.75 Å². The summed E-state index contributed by atoms with van der Waals surface area (Å²) in [5.41, 5.74) is -2.23. The van der Waals surface area contributed by atoms with Crippen molar-refractivity contribution in [1.82, 2.24) is 0 Å². The fourth-order valence-electron chi connectivity index (χ4n) is 5.16. The number of unbranched alkanes of at least 4 members (excludes halogenated alkanes) is 2. The fourth-order valence-corrected chi connectivity index (χ4v) is 5.16. The number of rotatable bonds is 10. The Morgan fingerprint density at radius 2 is 1.06 bits per heavy atom. The predicted molar refractivity (Wildman–Crippen MR) is 157 cm³/mol. The highest BCUT2D eigenvalue weighted by Gasteiger charge is 2.41. The summed E-state index contributed by atoms with van der Waals surface area (Å²) in [6.07, 6.45) is -0.709. The number of hydrogen-bond donors (Lipinski definition) is 0. The highest BCUT2D eigenvalue weighted by molar-refractivity contribution is 5.72. The summed E-state index contributed by atoms with van der Waals surface area (Å²) >= 11 is 0. The molecule has 0 N–H and O–H groups in total. The molecule has 5 aromatic carbocycles. The Kier molecular flexibility index (Phi) is 9.65. The molecule has 0 aliphatic carbocycles. The van der Waals surface area contributed by atoms with E-state index in [-0.39, 0.29) is 29.8 Å². The van der Waals surface area contributed by atoms with E-state index in [1.54, 1.807) is 0 Å². The first-order valence-electron chi connectivity index (χ1n) is 14.4. The van der Waals surface area contributed by atoms with Crippen LogP contribution >= 0.6 is 0 Å². The van der Waals surface area contributed by atoms with E-state index < -0.39 is 80.6 Å². The maximum absolute atomic E-state index is 15.1. The van der Waals surface area contributed by atoms with Crippen LogP contribution < -0.4 is 4.74 Å². The number of aryl methyl sites for hydroxylation is 1. The molecule has 0 fully saturated rings. The van der Waals surface area contributed by atoms with Crippen molar-refractivity contribution in [2.24, 2.45) is 0 Å². The van der Waals surface area contributed by atoms with Gasteiger partial charge in [-0.1, -0.05) is 56.2 Å². The van der Waals surface area contributed by atoms with Gasteiger partial charge >= 0.3 is 6.11 Å². The molecule has 0 radical (unpaired) electrons. The van der Waals surface area contributed by atoms with Crippen molar-refractivity contribution < 1.29 is 48.6 Å². The van der Waals surface area contributed by atoms with Crippen LogP contribution in [0, 0.1) is 46.5 Å². The van der Waals surface area contributed by atoms with Gasteiger partial charge in [-0.3, -0.25) is 0 Å². The molecule has 0 saturated carbocycles. The lowest BCUT2D eigenvalue weighted by atomic mass is 9.97. The summed E-state index contributed by atoms with van der Waals surface area (Å²) in [4.78, 5) is 0. The summed E-state index contributed by atoms with van der Waals surface area (Å²) in [7, 11) is 0. The standard InChI is InChI=1S/C36H24F10O/c1-2-3-4-5-19-6-8-20(9-7-19)21-10-11-25(26(37)12-21)22-13-29(40)34(30(41)14-22)36(45,46)47-24-17-27(38)33(28(39)18-24)23-15-31(42)35(44)32(43)16-23/h6-18H,2-5H2,1H3. The van der Waals surface area contributed by atoms with Crippen LogP contribution in [0.15, 0.2) is 78.9 Å². The Morgan fingerprint density at radius 1 is 0.532 bits per heavy atom. The third-order valence-corrected chi connectivity index (χ3v) is 7.50. The first kappa shape index (κ1) is 33.6. The zero-order valence-corrected chi connectivity index (χ0v) is 24.5. The second-order valence-corrected chi connectivity index (χ2v) is 10.8. The lowest BCUT2D eigenvalue weighted by Gasteiger charge is -2.20. The van der Waals surface area contributed by atoms with Crippen LogP contribution in [-0.4, -0.2) is 0 Å². The third-order valence-electron chi connectivity index (χ3n) is 7.50. The van der Waals surface area contributed by atoms with Gasteiger partial charge in [0.2, 0.25) is 0 Å². The van der Waals surface area contributed by atoms with Crippen molar-refractivity contribution in [2.45, 2.75) is 38.7 Å². The molecule has 5 rings (SSSR count). The van der Waals surface area contributed by atoms with Crippen molar-refractivity contribution in [3.8, 4) is 39.1 Å². The van der Waals surface area contributed by atoms with Crippen molar-refractivity contribution in [3.05, 3.63) is 137 Å².